The molecule has 1 aliphatic carbocycles. The van der Waals surface area contributed by atoms with Gasteiger partial charge in [-0.3, -0.25) is 0 Å². The Hall–Kier alpha value is -0.570. The highest BCUT2D eigenvalue weighted by Gasteiger charge is 2.30. The van der Waals surface area contributed by atoms with Gasteiger partial charge in [0, 0.05) is 10.5 Å². The molecule has 0 amide bonds. The second-order valence-corrected chi connectivity index (χ2v) is 7.06. The van der Waals surface area contributed by atoms with Crippen LogP contribution in [-0.4, -0.2) is 6.04 Å². The third kappa shape index (κ3) is 3.71. The van der Waals surface area contributed by atoms with Crippen LogP contribution in [0.25, 0.3) is 0 Å². The fourth-order valence-electron chi connectivity index (χ4n) is 3.18. The molecule has 0 aliphatic heterocycles. The van der Waals surface area contributed by atoms with Gasteiger partial charge in [-0.1, -0.05) is 27.2 Å². The van der Waals surface area contributed by atoms with Gasteiger partial charge in [-0.25, -0.2) is 4.39 Å². The van der Waals surface area contributed by atoms with Gasteiger partial charge in [-0.15, -0.1) is 0 Å². The van der Waals surface area contributed by atoms with Crippen molar-refractivity contribution in [3.05, 3.63) is 28.5 Å². The molecule has 1 N–H and O–H groups in total. The number of rotatable bonds is 3. The average molecular weight is 328 g/mol. The molecule has 1 aromatic rings. The molecular weight excluding hydrogens is 305 g/mol. The van der Waals surface area contributed by atoms with E-state index in [9.17, 15) is 4.39 Å². The van der Waals surface area contributed by atoms with Crippen molar-refractivity contribution in [2.75, 3.05) is 5.32 Å². The van der Waals surface area contributed by atoms with Crippen molar-refractivity contribution in [2.24, 2.45) is 17.8 Å². The quantitative estimate of drug-likeness (QED) is 0.777. The highest BCUT2D eigenvalue weighted by molar-refractivity contribution is 9.10. The van der Waals surface area contributed by atoms with Crippen LogP contribution in [0.1, 0.15) is 40.0 Å². The van der Waals surface area contributed by atoms with E-state index >= 15 is 0 Å². The van der Waals surface area contributed by atoms with Crippen LogP contribution in [0.2, 0.25) is 0 Å². The van der Waals surface area contributed by atoms with Crippen molar-refractivity contribution in [2.45, 2.75) is 46.1 Å². The van der Waals surface area contributed by atoms with Crippen LogP contribution in [-0.2, 0) is 0 Å². The minimum atomic E-state index is -0.185. The normalized spacial score (nSPS) is 27.6. The van der Waals surface area contributed by atoms with E-state index < -0.39 is 0 Å². The molecule has 1 saturated carbocycles. The molecule has 0 spiro atoms. The van der Waals surface area contributed by atoms with Crippen molar-refractivity contribution < 1.29 is 4.39 Å². The van der Waals surface area contributed by atoms with E-state index in [-0.39, 0.29) is 5.82 Å². The Bertz CT molecular complexity index is 433. The molecule has 0 heterocycles. The van der Waals surface area contributed by atoms with Gasteiger partial charge in [-0.05, 0) is 64.7 Å². The third-order valence-corrected chi connectivity index (χ3v) is 4.98. The molecule has 1 nitrogen and oxygen atoms in total. The maximum atomic E-state index is 13.4. The molecule has 1 aromatic carbocycles. The van der Waals surface area contributed by atoms with Crippen LogP contribution in [0.5, 0.6) is 0 Å². The molecule has 19 heavy (non-hydrogen) atoms. The first kappa shape index (κ1) is 14.8. The first-order valence-electron chi connectivity index (χ1n) is 7.19. The van der Waals surface area contributed by atoms with Crippen molar-refractivity contribution in [1.29, 1.82) is 0 Å². The van der Waals surface area contributed by atoms with Gasteiger partial charge in [-0.2, -0.15) is 0 Å². The molecule has 0 radical (unpaired) electrons. The largest absolute Gasteiger partial charge is 0.381 e. The molecule has 1 aliphatic rings. The lowest BCUT2D eigenvalue weighted by molar-refractivity contribution is 0.212. The van der Waals surface area contributed by atoms with Crippen molar-refractivity contribution in [3.63, 3.8) is 0 Å². The standard InChI is InChI=1S/C16H23BrFN/c1-10(2)13-6-4-11(3)8-15(13)19-16-9-12(18)5-7-14(16)17/h5,7,9-11,13,15,19H,4,6,8H2,1-3H3. The van der Waals surface area contributed by atoms with Crippen LogP contribution >= 0.6 is 15.9 Å². The minimum Gasteiger partial charge on any atom is -0.381 e. The lowest BCUT2D eigenvalue weighted by atomic mass is 9.74. The Balaban J connectivity index is 2.16. The minimum absolute atomic E-state index is 0.185. The fraction of sp³-hybridized carbons (Fsp3) is 0.625. The predicted octanol–water partition coefficient (Wildman–Crippen LogP) is 5.46. The Morgan fingerprint density at radius 1 is 1.32 bits per heavy atom. The maximum absolute atomic E-state index is 13.4. The van der Waals surface area contributed by atoms with E-state index in [1.807, 2.05) is 0 Å². The van der Waals surface area contributed by atoms with Gasteiger partial charge in [0.05, 0.1) is 5.69 Å². The topological polar surface area (TPSA) is 12.0 Å². The molecular formula is C16H23BrFN. The summed E-state index contributed by atoms with van der Waals surface area (Å²) in [6.45, 7) is 6.89. The van der Waals surface area contributed by atoms with Gasteiger partial charge in [0.1, 0.15) is 5.82 Å². The van der Waals surface area contributed by atoms with Crippen molar-refractivity contribution in [1.82, 2.24) is 0 Å². The fourth-order valence-corrected chi connectivity index (χ4v) is 3.54. The molecule has 1 fully saturated rings. The molecule has 3 unspecified atom stereocenters. The van der Waals surface area contributed by atoms with E-state index in [2.05, 4.69) is 42.0 Å². The number of nitrogens with one attached hydrogen (secondary N) is 1. The van der Waals surface area contributed by atoms with Crippen LogP contribution in [0.3, 0.4) is 0 Å². The van der Waals surface area contributed by atoms with Crippen molar-refractivity contribution in [3.8, 4) is 0 Å². The third-order valence-electron chi connectivity index (χ3n) is 4.29. The first-order valence-corrected chi connectivity index (χ1v) is 7.98. The van der Waals surface area contributed by atoms with Gasteiger partial charge >= 0.3 is 0 Å². The smallest absolute Gasteiger partial charge is 0.125 e. The molecule has 0 bridgehead atoms. The average Bonchev–Trinajstić information content (AvgIpc) is 2.33. The molecule has 3 heteroatoms. The zero-order valence-corrected chi connectivity index (χ0v) is 13.5. The molecule has 3 atom stereocenters. The molecule has 2 rings (SSSR count). The Labute approximate surface area is 124 Å². The zero-order valence-electron chi connectivity index (χ0n) is 11.9. The number of benzene rings is 1. The first-order chi connectivity index (χ1) is 8.97. The number of hydrogen-bond acceptors (Lipinski definition) is 1. The van der Waals surface area contributed by atoms with Crippen LogP contribution in [0.15, 0.2) is 22.7 Å². The van der Waals surface area contributed by atoms with Gasteiger partial charge in [0.15, 0.2) is 0 Å². The van der Waals surface area contributed by atoms with Crippen LogP contribution in [0.4, 0.5) is 10.1 Å². The van der Waals surface area contributed by atoms with E-state index in [4.69, 9.17) is 0 Å². The SMILES string of the molecule is CC1CCC(C(C)C)C(Nc2cc(F)ccc2Br)C1. The van der Waals surface area contributed by atoms with E-state index in [0.717, 1.165) is 16.1 Å². The molecule has 106 valence electrons. The van der Waals surface area contributed by atoms with Crippen molar-refractivity contribution >= 4 is 21.6 Å². The summed E-state index contributed by atoms with van der Waals surface area (Å²) in [6.07, 6.45) is 3.75. The molecule has 0 aromatic heterocycles. The Morgan fingerprint density at radius 2 is 2.05 bits per heavy atom. The highest BCUT2D eigenvalue weighted by Crippen LogP contribution is 2.36. The van der Waals surface area contributed by atoms with E-state index in [0.29, 0.717) is 17.9 Å². The predicted molar refractivity (Wildman–Crippen MR) is 82.9 cm³/mol. The number of anilines is 1. The van der Waals surface area contributed by atoms with Gasteiger partial charge in [0.25, 0.3) is 0 Å². The zero-order chi connectivity index (χ0) is 14.0. The summed E-state index contributed by atoms with van der Waals surface area (Å²) in [6, 6.07) is 5.29. The Morgan fingerprint density at radius 3 is 2.74 bits per heavy atom. The summed E-state index contributed by atoms with van der Waals surface area (Å²) >= 11 is 3.50. The van der Waals surface area contributed by atoms with E-state index in [1.165, 1.54) is 25.3 Å². The summed E-state index contributed by atoms with van der Waals surface area (Å²) in [5.41, 5.74) is 0.879. The second-order valence-electron chi connectivity index (χ2n) is 6.20. The lowest BCUT2D eigenvalue weighted by Crippen LogP contribution is -2.37. The Kier molecular flexibility index (Phi) is 4.88. The highest BCUT2D eigenvalue weighted by atomic mass is 79.9. The number of halogens is 2. The summed E-state index contributed by atoms with van der Waals surface area (Å²) in [5, 5.41) is 3.56. The van der Waals surface area contributed by atoms with Gasteiger partial charge < -0.3 is 5.32 Å². The summed E-state index contributed by atoms with van der Waals surface area (Å²) in [7, 11) is 0. The van der Waals surface area contributed by atoms with Crippen LogP contribution in [0, 0.1) is 23.6 Å². The van der Waals surface area contributed by atoms with Gasteiger partial charge in [0.2, 0.25) is 0 Å². The number of hydrogen-bond donors (Lipinski definition) is 1. The van der Waals surface area contributed by atoms with E-state index in [1.54, 1.807) is 12.1 Å². The summed E-state index contributed by atoms with van der Waals surface area (Å²) < 4.78 is 14.3. The second kappa shape index (κ2) is 6.25. The van der Waals surface area contributed by atoms with Crippen LogP contribution < -0.4 is 5.32 Å². The lowest BCUT2D eigenvalue weighted by Gasteiger charge is -2.38. The molecule has 0 saturated heterocycles. The summed E-state index contributed by atoms with van der Waals surface area (Å²) in [5.74, 6) is 1.90. The monoisotopic (exact) mass is 327 g/mol. The maximum Gasteiger partial charge on any atom is 0.125 e. The summed E-state index contributed by atoms with van der Waals surface area (Å²) in [4.78, 5) is 0.